The molecule has 0 saturated carbocycles. The van der Waals surface area contributed by atoms with Gasteiger partial charge >= 0.3 is 0 Å². The summed E-state index contributed by atoms with van der Waals surface area (Å²) in [5, 5.41) is 12.9. The number of halogens is 4. The first kappa shape index (κ1) is 23.6. The molecule has 0 fully saturated rings. The molecule has 0 spiro atoms. The van der Waals surface area contributed by atoms with E-state index in [1.54, 1.807) is 36.4 Å². The van der Waals surface area contributed by atoms with Crippen molar-refractivity contribution in [2.24, 2.45) is 0 Å². The fraction of sp³-hybridized carbons (Fsp3) is 0.0833. The number of hydrogen-bond donors (Lipinski definition) is 1. The Balaban J connectivity index is 1.78. The molecule has 8 heteroatoms. The van der Waals surface area contributed by atoms with Crippen LogP contribution in [0.4, 0.5) is 10.1 Å². The van der Waals surface area contributed by atoms with Crippen molar-refractivity contribution in [1.29, 1.82) is 5.26 Å². The van der Waals surface area contributed by atoms with Crippen LogP contribution in [0.1, 0.15) is 16.7 Å². The molecule has 32 heavy (non-hydrogen) atoms. The van der Waals surface area contributed by atoms with E-state index >= 15 is 0 Å². The molecule has 3 rings (SSSR count). The molecule has 3 aromatic carbocycles. The quantitative estimate of drug-likeness (QED) is 0.294. The van der Waals surface area contributed by atoms with Gasteiger partial charge in [0.2, 0.25) is 0 Å². The second-order valence-electron chi connectivity index (χ2n) is 6.78. The maximum absolute atomic E-state index is 13.8. The normalized spacial score (nSPS) is 11.1. The number of amides is 1. The Hall–Kier alpha value is -3.04. The average Bonchev–Trinajstić information content (AvgIpc) is 2.75. The summed E-state index contributed by atoms with van der Waals surface area (Å²) in [5.74, 6) is -0.843. The molecule has 0 aliphatic rings. The van der Waals surface area contributed by atoms with Crippen LogP contribution in [0.2, 0.25) is 15.1 Å². The molecule has 0 aromatic heterocycles. The second kappa shape index (κ2) is 10.5. The Kier molecular flexibility index (Phi) is 7.76. The average molecular weight is 490 g/mol. The molecule has 162 valence electrons. The van der Waals surface area contributed by atoms with E-state index in [1.165, 1.54) is 24.3 Å². The van der Waals surface area contributed by atoms with Crippen molar-refractivity contribution >= 4 is 52.5 Å². The lowest BCUT2D eigenvalue weighted by Crippen LogP contribution is -2.13. The number of ether oxygens (including phenoxy) is 1. The molecule has 1 N–H and O–H groups in total. The highest BCUT2D eigenvalue weighted by Crippen LogP contribution is 2.35. The van der Waals surface area contributed by atoms with Gasteiger partial charge in [-0.1, -0.05) is 59.1 Å². The molecule has 1 amide bonds. The number of nitrogens with one attached hydrogen (secondary N) is 1. The number of rotatable bonds is 6. The lowest BCUT2D eigenvalue weighted by atomic mass is 10.1. The third-order valence-corrected chi connectivity index (χ3v) is 5.42. The van der Waals surface area contributed by atoms with E-state index < -0.39 is 11.7 Å². The summed E-state index contributed by atoms with van der Waals surface area (Å²) >= 11 is 18.6. The molecule has 0 radical (unpaired) electrons. The molecule has 4 nitrogen and oxygen atoms in total. The van der Waals surface area contributed by atoms with E-state index in [4.69, 9.17) is 39.5 Å². The van der Waals surface area contributed by atoms with Gasteiger partial charge < -0.3 is 10.1 Å². The monoisotopic (exact) mass is 488 g/mol. The van der Waals surface area contributed by atoms with Crippen molar-refractivity contribution in [3.63, 3.8) is 0 Å². The molecule has 0 aliphatic carbocycles. The third kappa shape index (κ3) is 5.80. The van der Waals surface area contributed by atoms with Gasteiger partial charge in [-0.2, -0.15) is 5.26 Å². The van der Waals surface area contributed by atoms with Crippen LogP contribution in [0, 0.1) is 24.1 Å². The highest BCUT2D eigenvalue weighted by Gasteiger charge is 2.14. The lowest BCUT2D eigenvalue weighted by molar-refractivity contribution is -0.112. The van der Waals surface area contributed by atoms with E-state index in [0.717, 1.165) is 5.56 Å². The van der Waals surface area contributed by atoms with Gasteiger partial charge in [0, 0.05) is 16.3 Å². The van der Waals surface area contributed by atoms with Crippen molar-refractivity contribution in [2.45, 2.75) is 13.5 Å². The van der Waals surface area contributed by atoms with Crippen molar-refractivity contribution in [1.82, 2.24) is 0 Å². The number of nitriles is 1. The minimum absolute atomic E-state index is 0.0632. The Morgan fingerprint density at radius 2 is 1.78 bits per heavy atom. The van der Waals surface area contributed by atoms with Crippen molar-refractivity contribution in [3.05, 3.63) is 97.7 Å². The number of carbonyl (C=O) groups is 1. The fourth-order valence-electron chi connectivity index (χ4n) is 2.75. The van der Waals surface area contributed by atoms with Crippen LogP contribution in [0.25, 0.3) is 6.08 Å². The standard InChI is InChI=1S/C24H16Cl3FN2O2/c1-14-6-7-18(11-19(14)25)30-24(31)17(12-29)8-15-9-20(26)23(21(27)10-15)32-13-16-4-2-3-5-22(16)28/h2-11H,13H2,1H3,(H,30,31)/b17-8-. The molecule has 0 unspecified atom stereocenters. The predicted molar refractivity (Wildman–Crippen MR) is 126 cm³/mol. The van der Waals surface area contributed by atoms with Gasteiger partial charge in [-0.3, -0.25) is 4.79 Å². The molecular weight excluding hydrogens is 474 g/mol. The number of anilines is 1. The lowest BCUT2D eigenvalue weighted by Gasteiger charge is -2.12. The maximum Gasteiger partial charge on any atom is 0.266 e. The summed E-state index contributed by atoms with van der Waals surface area (Å²) in [6, 6.07) is 16.1. The first-order valence-corrected chi connectivity index (χ1v) is 10.5. The van der Waals surface area contributed by atoms with E-state index in [9.17, 15) is 14.4 Å². The van der Waals surface area contributed by atoms with Crippen molar-refractivity contribution in [2.75, 3.05) is 5.32 Å². The molecule has 0 saturated heterocycles. The molecule has 3 aromatic rings. The molecular formula is C24H16Cl3FN2O2. The molecule has 0 atom stereocenters. The summed E-state index contributed by atoms with van der Waals surface area (Å²) in [7, 11) is 0. The summed E-state index contributed by atoms with van der Waals surface area (Å²) < 4.78 is 19.4. The zero-order valence-electron chi connectivity index (χ0n) is 16.8. The summed E-state index contributed by atoms with van der Waals surface area (Å²) in [6.45, 7) is 1.78. The van der Waals surface area contributed by atoms with Gasteiger partial charge in [0.25, 0.3) is 5.91 Å². The number of nitrogens with zero attached hydrogens (tertiary/aromatic N) is 1. The molecule has 0 aliphatic heterocycles. The van der Waals surface area contributed by atoms with Crippen molar-refractivity contribution < 1.29 is 13.9 Å². The summed E-state index contributed by atoms with van der Waals surface area (Å²) in [6.07, 6.45) is 1.35. The summed E-state index contributed by atoms with van der Waals surface area (Å²) in [4.78, 5) is 12.5. The zero-order valence-corrected chi connectivity index (χ0v) is 19.0. The van der Waals surface area contributed by atoms with Crippen LogP contribution in [0.3, 0.4) is 0 Å². The fourth-order valence-corrected chi connectivity index (χ4v) is 3.54. The zero-order chi connectivity index (χ0) is 23.3. The molecule has 0 heterocycles. The van der Waals surface area contributed by atoms with E-state index in [2.05, 4.69) is 5.32 Å². The number of benzene rings is 3. The molecule has 0 bridgehead atoms. The third-order valence-electron chi connectivity index (χ3n) is 4.46. The van der Waals surface area contributed by atoms with Crippen LogP contribution < -0.4 is 10.1 Å². The predicted octanol–water partition coefficient (Wildman–Crippen LogP) is 7.22. The Labute approximate surface area is 199 Å². The number of carbonyl (C=O) groups excluding carboxylic acids is 1. The highest BCUT2D eigenvalue weighted by molar-refractivity contribution is 6.37. The summed E-state index contributed by atoms with van der Waals surface area (Å²) in [5.41, 5.74) is 1.94. The Morgan fingerprint density at radius 1 is 1.09 bits per heavy atom. The minimum Gasteiger partial charge on any atom is -0.486 e. The number of aryl methyl sites for hydroxylation is 1. The topological polar surface area (TPSA) is 62.1 Å². The van der Waals surface area contributed by atoms with Crippen molar-refractivity contribution in [3.8, 4) is 11.8 Å². The number of hydrogen-bond acceptors (Lipinski definition) is 3. The SMILES string of the molecule is Cc1ccc(NC(=O)/C(C#N)=C\c2cc(Cl)c(OCc3ccccc3F)c(Cl)c2)cc1Cl. The first-order valence-electron chi connectivity index (χ1n) is 9.33. The Morgan fingerprint density at radius 3 is 2.41 bits per heavy atom. The maximum atomic E-state index is 13.8. The van der Waals surface area contributed by atoms with Gasteiger partial charge in [0.15, 0.2) is 5.75 Å². The van der Waals surface area contributed by atoms with Crippen LogP contribution in [0.15, 0.2) is 60.2 Å². The second-order valence-corrected chi connectivity index (χ2v) is 8.00. The van der Waals surface area contributed by atoms with Gasteiger partial charge in [0.1, 0.15) is 24.1 Å². The Bertz CT molecular complexity index is 1230. The minimum atomic E-state index is -0.612. The van der Waals surface area contributed by atoms with Gasteiger partial charge in [-0.05, 0) is 54.5 Å². The van der Waals surface area contributed by atoms with Crippen LogP contribution in [-0.2, 0) is 11.4 Å². The van der Waals surface area contributed by atoms with Crippen LogP contribution in [0.5, 0.6) is 5.75 Å². The van der Waals surface area contributed by atoms with E-state index in [0.29, 0.717) is 21.8 Å². The first-order chi connectivity index (χ1) is 15.3. The van der Waals surface area contributed by atoms with Crippen LogP contribution >= 0.6 is 34.8 Å². The van der Waals surface area contributed by atoms with Crippen LogP contribution in [-0.4, -0.2) is 5.91 Å². The smallest absolute Gasteiger partial charge is 0.266 e. The largest absolute Gasteiger partial charge is 0.486 e. The van der Waals surface area contributed by atoms with Gasteiger partial charge in [0.05, 0.1) is 10.0 Å². The van der Waals surface area contributed by atoms with Gasteiger partial charge in [-0.15, -0.1) is 0 Å². The van der Waals surface area contributed by atoms with E-state index in [-0.39, 0.29) is 28.0 Å². The van der Waals surface area contributed by atoms with Gasteiger partial charge in [-0.25, -0.2) is 4.39 Å². The van der Waals surface area contributed by atoms with E-state index in [1.807, 2.05) is 13.0 Å². The highest BCUT2D eigenvalue weighted by atomic mass is 35.5.